The van der Waals surface area contributed by atoms with Crippen LogP contribution in [0.25, 0.3) is 0 Å². The van der Waals surface area contributed by atoms with E-state index in [1.54, 1.807) is 12.3 Å². The molecule has 0 aliphatic heterocycles. The summed E-state index contributed by atoms with van der Waals surface area (Å²) in [5.74, 6) is 1.17. The van der Waals surface area contributed by atoms with Crippen LogP contribution in [0, 0.1) is 0 Å². The van der Waals surface area contributed by atoms with Gasteiger partial charge in [-0.3, -0.25) is 4.79 Å². The van der Waals surface area contributed by atoms with Crippen molar-refractivity contribution in [2.45, 2.75) is 32.1 Å². The number of carbonyl (C=O) groups is 1. The molecule has 3 nitrogen and oxygen atoms in total. The third kappa shape index (κ3) is 3.24. The Morgan fingerprint density at radius 2 is 2.00 bits per heavy atom. The zero-order valence-corrected chi connectivity index (χ0v) is 12.1. The van der Waals surface area contributed by atoms with Gasteiger partial charge in [-0.05, 0) is 42.7 Å². The van der Waals surface area contributed by atoms with Crippen LogP contribution in [-0.4, -0.2) is 5.78 Å². The fourth-order valence-corrected chi connectivity index (χ4v) is 2.71. The van der Waals surface area contributed by atoms with E-state index >= 15 is 0 Å². The Balaban J connectivity index is 1.73. The molecule has 0 fully saturated rings. The van der Waals surface area contributed by atoms with Crippen molar-refractivity contribution in [1.82, 2.24) is 0 Å². The highest BCUT2D eigenvalue weighted by molar-refractivity contribution is 5.92. The number of rotatable bonds is 4. The fraction of sp³-hybridized carbons (Fsp3) is 0.278. The van der Waals surface area contributed by atoms with Gasteiger partial charge in [-0.15, -0.1) is 0 Å². The van der Waals surface area contributed by atoms with Crippen LogP contribution < -0.4 is 5.32 Å². The summed E-state index contributed by atoms with van der Waals surface area (Å²) >= 11 is 0. The van der Waals surface area contributed by atoms with Crippen molar-refractivity contribution < 1.29 is 9.21 Å². The SMILES string of the molecule is CCc1ccc(NC2=CC(=O)C[C@H](c3ccco3)C2)cc1. The number of carbonyl (C=O) groups excluding carboxylic acids is 1. The van der Waals surface area contributed by atoms with Crippen molar-refractivity contribution >= 4 is 11.5 Å². The minimum absolute atomic E-state index is 0.134. The van der Waals surface area contributed by atoms with Gasteiger partial charge in [0.05, 0.1) is 6.26 Å². The number of hydrogen-bond donors (Lipinski definition) is 1. The summed E-state index contributed by atoms with van der Waals surface area (Å²) in [6, 6.07) is 12.1. The van der Waals surface area contributed by atoms with Crippen LogP contribution in [0.5, 0.6) is 0 Å². The maximum Gasteiger partial charge on any atom is 0.158 e. The molecule has 1 atom stereocenters. The molecule has 108 valence electrons. The van der Waals surface area contributed by atoms with Gasteiger partial charge in [-0.25, -0.2) is 0 Å². The van der Waals surface area contributed by atoms with Gasteiger partial charge in [0.2, 0.25) is 0 Å². The highest BCUT2D eigenvalue weighted by Crippen LogP contribution is 2.32. The Morgan fingerprint density at radius 1 is 1.19 bits per heavy atom. The van der Waals surface area contributed by atoms with Gasteiger partial charge in [0, 0.05) is 29.8 Å². The standard InChI is InChI=1S/C18H19NO2/c1-2-13-5-7-15(8-6-13)19-16-10-14(11-17(20)12-16)18-4-3-9-21-18/h3-9,12,14,19H,2,10-11H2,1H3/t14-/m1/s1. The summed E-state index contributed by atoms with van der Waals surface area (Å²) in [4.78, 5) is 11.9. The van der Waals surface area contributed by atoms with Crippen LogP contribution in [0.3, 0.4) is 0 Å². The Kier molecular flexibility index (Phi) is 3.91. The van der Waals surface area contributed by atoms with Crippen LogP contribution in [0.15, 0.2) is 58.9 Å². The van der Waals surface area contributed by atoms with E-state index in [-0.39, 0.29) is 11.7 Å². The monoisotopic (exact) mass is 281 g/mol. The first-order valence-corrected chi connectivity index (χ1v) is 7.37. The zero-order valence-electron chi connectivity index (χ0n) is 12.1. The van der Waals surface area contributed by atoms with Crippen molar-refractivity contribution in [3.05, 3.63) is 65.8 Å². The summed E-state index contributed by atoms with van der Waals surface area (Å²) < 4.78 is 5.44. The summed E-state index contributed by atoms with van der Waals surface area (Å²) in [6.07, 6.45) is 5.73. The number of hydrogen-bond acceptors (Lipinski definition) is 3. The molecule has 0 amide bonds. The summed E-state index contributed by atoms with van der Waals surface area (Å²) in [7, 11) is 0. The molecule has 1 aliphatic carbocycles. The van der Waals surface area contributed by atoms with Crippen LogP contribution in [0.4, 0.5) is 5.69 Å². The molecule has 0 saturated heterocycles. The third-order valence-corrected chi connectivity index (χ3v) is 3.86. The average molecular weight is 281 g/mol. The lowest BCUT2D eigenvalue weighted by atomic mass is 9.89. The highest BCUT2D eigenvalue weighted by atomic mass is 16.3. The lowest BCUT2D eigenvalue weighted by Gasteiger charge is -2.21. The van der Waals surface area contributed by atoms with Gasteiger partial charge in [0.1, 0.15) is 5.76 Å². The van der Waals surface area contributed by atoms with Crippen LogP contribution >= 0.6 is 0 Å². The molecule has 3 heteroatoms. The molecular weight excluding hydrogens is 262 g/mol. The molecular formula is C18H19NO2. The van der Waals surface area contributed by atoms with Gasteiger partial charge in [-0.2, -0.15) is 0 Å². The van der Waals surface area contributed by atoms with Crippen molar-refractivity contribution in [2.75, 3.05) is 5.32 Å². The van der Waals surface area contributed by atoms with Gasteiger partial charge in [-0.1, -0.05) is 19.1 Å². The predicted molar refractivity (Wildman–Crippen MR) is 83.2 cm³/mol. The van der Waals surface area contributed by atoms with E-state index in [4.69, 9.17) is 4.42 Å². The largest absolute Gasteiger partial charge is 0.469 e. The second kappa shape index (κ2) is 6.00. The molecule has 0 spiro atoms. The Hall–Kier alpha value is -2.29. The Morgan fingerprint density at radius 3 is 2.67 bits per heavy atom. The van der Waals surface area contributed by atoms with E-state index in [1.807, 2.05) is 12.1 Å². The minimum Gasteiger partial charge on any atom is -0.469 e. The lowest BCUT2D eigenvalue weighted by Crippen LogP contribution is -2.16. The van der Waals surface area contributed by atoms with Crippen molar-refractivity contribution in [3.8, 4) is 0 Å². The van der Waals surface area contributed by atoms with Gasteiger partial charge < -0.3 is 9.73 Å². The van der Waals surface area contributed by atoms with Crippen LogP contribution in [0.2, 0.25) is 0 Å². The molecule has 1 aromatic heterocycles. The zero-order chi connectivity index (χ0) is 14.7. The smallest absolute Gasteiger partial charge is 0.158 e. The van der Waals surface area contributed by atoms with Gasteiger partial charge in [0.15, 0.2) is 5.78 Å². The second-order valence-electron chi connectivity index (χ2n) is 5.43. The minimum atomic E-state index is 0.134. The molecule has 0 saturated carbocycles. The average Bonchev–Trinajstić information content (AvgIpc) is 3.02. The molecule has 1 heterocycles. The number of furan rings is 1. The number of aryl methyl sites for hydroxylation is 1. The van der Waals surface area contributed by atoms with E-state index in [1.165, 1.54) is 5.56 Å². The van der Waals surface area contributed by atoms with Crippen molar-refractivity contribution in [1.29, 1.82) is 0 Å². The highest BCUT2D eigenvalue weighted by Gasteiger charge is 2.24. The Labute approximate surface area is 124 Å². The maximum absolute atomic E-state index is 11.9. The van der Waals surface area contributed by atoms with E-state index < -0.39 is 0 Å². The molecule has 1 aromatic carbocycles. The first-order chi connectivity index (χ1) is 10.2. The number of nitrogens with one attached hydrogen (secondary N) is 1. The third-order valence-electron chi connectivity index (χ3n) is 3.86. The Bertz CT molecular complexity index is 638. The fourth-order valence-electron chi connectivity index (χ4n) is 2.71. The molecule has 3 rings (SSSR count). The predicted octanol–water partition coefficient (Wildman–Crippen LogP) is 4.28. The number of ketones is 1. The number of allylic oxidation sites excluding steroid dienone is 2. The molecule has 0 unspecified atom stereocenters. The van der Waals surface area contributed by atoms with E-state index in [2.05, 4.69) is 36.5 Å². The molecule has 0 bridgehead atoms. The lowest BCUT2D eigenvalue weighted by molar-refractivity contribution is -0.115. The van der Waals surface area contributed by atoms with Crippen molar-refractivity contribution in [2.24, 2.45) is 0 Å². The van der Waals surface area contributed by atoms with E-state index in [0.29, 0.717) is 6.42 Å². The molecule has 2 aromatic rings. The topological polar surface area (TPSA) is 42.2 Å². The van der Waals surface area contributed by atoms with Gasteiger partial charge in [0.25, 0.3) is 0 Å². The first kappa shape index (κ1) is 13.7. The number of benzene rings is 1. The number of anilines is 1. The summed E-state index contributed by atoms with van der Waals surface area (Å²) in [5.41, 5.74) is 3.28. The maximum atomic E-state index is 11.9. The van der Waals surface area contributed by atoms with Gasteiger partial charge >= 0.3 is 0 Å². The molecule has 0 radical (unpaired) electrons. The summed E-state index contributed by atoms with van der Waals surface area (Å²) in [5, 5.41) is 3.35. The molecule has 21 heavy (non-hydrogen) atoms. The van der Waals surface area contributed by atoms with Crippen LogP contribution in [-0.2, 0) is 11.2 Å². The van der Waals surface area contributed by atoms with Crippen LogP contribution in [0.1, 0.15) is 37.0 Å². The summed E-state index contributed by atoms with van der Waals surface area (Å²) in [6.45, 7) is 2.14. The van der Waals surface area contributed by atoms with E-state index in [0.717, 1.165) is 30.0 Å². The van der Waals surface area contributed by atoms with E-state index in [9.17, 15) is 4.79 Å². The quantitative estimate of drug-likeness (QED) is 0.909. The second-order valence-corrected chi connectivity index (χ2v) is 5.43. The van der Waals surface area contributed by atoms with Crippen molar-refractivity contribution in [3.63, 3.8) is 0 Å². The molecule has 1 aliphatic rings. The normalized spacial score (nSPS) is 18.4. The molecule has 1 N–H and O–H groups in total. The first-order valence-electron chi connectivity index (χ1n) is 7.37.